The number of benzene rings is 1. The topological polar surface area (TPSA) is 9.23 Å². The van der Waals surface area contributed by atoms with Gasteiger partial charge in [0.05, 0.1) is 0 Å². The lowest BCUT2D eigenvalue weighted by Gasteiger charge is -2.06. The summed E-state index contributed by atoms with van der Waals surface area (Å²) in [6, 6.07) is 6.06. The smallest absolute Gasteiger partial charge is 0.148 e. The van der Waals surface area contributed by atoms with E-state index in [0.29, 0.717) is 6.61 Å². The van der Waals surface area contributed by atoms with Gasteiger partial charge in [0.1, 0.15) is 12.4 Å². The Morgan fingerprint density at radius 2 is 2.23 bits per heavy atom. The van der Waals surface area contributed by atoms with Crippen molar-refractivity contribution in [2.24, 2.45) is 0 Å². The molecule has 1 aromatic carbocycles. The zero-order valence-electron chi connectivity index (χ0n) is 8.13. The van der Waals surface area contributed by atoms with Crippen LogP contribution in [0, 0.1) is 19.3 Å². The average molecular weight is 174 g/mol. The minimum absolute atomic E-state index is 0.339. The summed E-state index contributed by atoms with van der Waals surface area (Å²) in [7, 11) is 0. The summed E-state index contributed by atoms with van der Waals surface area (Å²) >= 11 is 0. The monoisotopic (exact) mass is 174 g/mol. The Morgan fingerprint density at radius 1 is 1.46 bits per heavy atom. The van der Waals surface area contributed by atoms with Crippen molar-refractivity contribution in [2.45, 2.75) is 20.3 Å². The normalized spacial score (nSPS) is 9.31. The van der Waals surface area contributed by atoms with Crippen LogP contribution in [0.5, 0.6) is 5.75 Å². The van der Waals surface area contributed by atoms with Gasteiger partial charge in [-0.25, -0.2) is 0 Å². The molecule has 1 nitrogen and oxygen atoms in total. The Morgan fingerprint density at radius 3 is 2.85 bits per heavy atom. The number of rotatable bonds is 3. The molecule has 0 aromatic heterocycles. The van der Waals surface area contributed by atoms with Crippen molar-refractivity contribution in [2.75, 3.05) is 6.61 Å². The van der Waals surface area contributed by atoms with Gasteiger partial charge in [0.25, 0.3) is 0 Å². The zero-order chi connectivity index (χ0) is 9.68. The van der Waals surface area contributed by atoms with Crippen LogP contribution in [0.4, 0.5) is 0 Å². The Hall–Kier alpha value is -1.42. The second kappa shape index (κ2) is 4.57. The molecule has 0 bridgehead atoms. The molecule has 13 heavy (non-hydrogen) atoms. The van der Waals surface area contributed by atoms with E-state index < -0.39 is 0 Å². The van der Waals surface area contributed by atoms with Crippen LogP contribution < -0.4 is 4.74 Å². The first kappa shape index (κ1) is 9.67. The van der Waals surface area contributed by atoms with Gasteiger partial charge in [-0.3, -0.25) is 0 Å². The van der Waals surface area contributed by atoms with E-state index in [1.54, 1.807) is 0 Å². The Labute approximate surface area is 79.7 Å². The van der Waals surface area contributed by atoms with Gasteiger partial charge in [0, 0.05) is 0 Å². The van der Waals surface area contributed by atoms with Crippen molar-refractivity contribution in [3.63, 3.8) is 0 Å². The quantitative estimate of drug-likeness (QED) is 0.640. The number of hydrogen-bond acceptors (Lipinski definition) is 1. The van der Waals surface area contributed by atoms with E-state index in [-0.39, 0.29) is 0 Å². The second-order valence-electron chi connectivity index (χ2n) is 2.93. The minimum atomic E-state index is 0.339. The van der Waals surface area contributed by atoms with Gasteiger partial charge in [0.15, 0.2) is 0 Å². The highest BCUT2D eigenvalue weighted by atomic mass is 16.5. The highest BCUT2D eigenvalue weighted by Gasteiger charge is 1.98. The molecule has 0 spiro atoms. The van der Waals surface area contributed by atoms with Crippen molar-refractivity contribution < 1.29 is 4.74 Å². The van der Waals surface area contributed by atoms with Gasteiger partial charge < -0.3 is 4.74 Å². The maximum absolute atomic E-state index is 5.32. The Bertz CT molecular complexity index is 320. The molecule has 0 radical (unpaired) electrons. The van der Waals surface area contributed by atoms with E-state index in [4.69, 9.17) is 11.2 Å². The van der Waals surface area contributed by atoms with Crippen molar-refractivity contribution in [1.82, 2.24) is 0 Å². The maximum Gasteiger partial charge on any atom is 0.148 e. The van der Waals surface area contributed by atoms with E-state index in [0.717, 1.165) is 12.2 Å². The predicted octanol–water partition coefficient (Wildman–Crippen LogP) is 2.57. The van der Waals surface area contributed by atoms with Crippen molar-refractivity contribution in [3.8, 4) is 18.1 Å². The number of aryl methyl sites for hydroxylation is 2. The fraction of sp³-hybridized carbons (Fsp3) is 0.333. The fourth-order valence-electron chi connectivity index (χ4n) is 1.24. The summed E-state index contributed by atoms with van der Waals surface area (Å²) in [5, 5.41) is 0. The van der Waals surface area contributed by atoms with Gasteiger partial charge in [-0.2, -0.15) is 0 Å². The molecule has 0 saturated heterocycles. The van der Waals surface area contributed by atoms with E-state index in [1.165, 1.54) is 11.1 Å². The molecule has 0 saturated carbocycles. The second-order valence-corrected chi connectivity index (χ2v) is 2.93. The fourth-order valence-corrected chi connectivity index (χ4v) is 1.24. The molecule has 0 amide bonds. The molecule has 0 unspecified atom stereocenters. The summed E-state index contributed by atoms with van der Waals surface area (Å²) < 4.78 is 5.32. The van der Waals surface area contributed by atoms with Crippen molar-refractivity contribution in [1.29, 1.82) is 0 Å². The van der Waals surface area contributed by atoms with Crippen LogP contribution >= 0.6 is 0 Å². The molecule has 68 valence electrons. The molecule has 0 N–H and O–H groups in total. The van der Waals surface area contributed by atoms with Crippen LogP contribution in [0.3, 0.4) is 0 Å². The number of terminal acetylenes is 1. The third-order valence-electron chi connectivity index (χ3n) is 2.02. The lowest BCUT2D eigenvalue weighted by Crippen LogP contribution is -1.95. The van der Waals surface area contributed by atoms with Crippen molar-refractivity contribution in [3.05, 3.63) is 29.3 Å². The maximum atomic E-state index is 5.32. The standard InChI is InChI=1S/C12H14O/c1-4-8-13-12-7-6-10(3)11(5-2)9-12/h1,6-7,9H,5,8H2,2-3H3. The number of hydrogen-bond donors (Lipinski definition) is 0. The summed E-state index contributed by atoms with van der Waals surface area (Å²) in [5.41, 5.74) is 2.62. The summed E-state index contributed by atoms with van der Waals surface area (Å²) in [5.74, 6) is 3.31. The Kier molecular flexibility index (Phi) is 3.40. The highest BCUT2D eigenvalue weighted by Crippen LogP contribution is 2.17. The first-order chi connectivity index (χ1) is 6.27. The summed E-state index contributed by atoms with van der Waals surface area (Å²) in [4.78, 5) is 0. The van der Waals surface area contributed by atoms with Crippen LogP contribution in [-0.4, -0.2) is 6.61 Å². The molecule has 0 fully saturated rings. The average Bonchev–Trinajstić information content (AvgIpc) is 2.16. The van der Waals surface area contributed by atoms with Gasteiger partial charge >= 0.3 is 0 Å². The SMILES string of the molecule is C#CCOc1ccc(C)c(CC)c1. The molecule has 1 rings (SSSR count). The van der Waals surface area contributed by atoms with Crippen LogP contribution in [-0.2, 0) is 6.42 Å². The van der Waals surface area contributed by atoms with Gasteiger partial charge in [-0.1, -0.05) is 18.9 Å². The molecular formula is C12H14O. The molecular weight excluding hydrogens is 160 g/mol. The molecule has 0 aliphatic rings. The molecule has 1 heteroatoms. The van der Waals surface area contributed by atoms with Crippen molar-refractivity contribution >= 4 is 0 Å². The molecule has 0 atom stereocenters. The lowest BCUT2D eigenvalue weighted by molar-refractivity contribution is 0.370. The van der Waals surface area contributed by atoms with Gasteiger partial charge in [0.2, 0.25) is 0 Å². The first-order valence-corrected chi connectivity index (χ1v) is 4.43. The summed E-state index contributed by atoms with van der Waals surface area (Å²) in [6.07, 6.45) is 6.13. The van der Waals surface area contributed by atoms with Gasteiger partial charge in [-0.05, 0) is 36.6 Å². The van der Waals surface area contributed by atoms with E-state index in [2.05, 4.69) is 25.8 Å². The third-order valence-corrected chi connectivity index (χ3v) is 2.02. The molecule has 1 aromatic rings. The number of ether oxygens (including phenoxy) is 1. The largest absolute Gasteiger partial charge is 0.481 e. The van der Waals surface area contributed by atoms with Gasteiger partial charge in [-0.15, -0.1) is 6.42 Å². The first-order valence-electron chi connectivity index (χ1n) is 4.43. The molecule has 0 heterocycles. The van der Waals surface area contributed by atoms with E-state index in [9.17, 15) is 0 Å². The van der Waals surface area contributed by atoms with E-state index >= 15 is 0 Å². The summed E-state index contributed by atoms with van der Waals surface area (Å²) in [6.45, 7) is 4.57. The molecule has 0 aliphatic heterocycles. The molecule has 0 aliphatic carbocycles. The van der Waals surface area contributed by atoms with Crippen LogP contribution in [0.15, 0.2) is 18.2 Å². The van der Waals surface area contributed by atoms with Crippen LogP contribution in [0.25, 0.3) is 0 Å². The van der Waals surface area contributed by atoms with Crippen LogP contribution in [0.1, 0.15) is 18.1 Å². The lowest BCUT2D eigenvalue weighted by atomic mass is 10.1. The minimum Gasteiger partial charge on any atom is -0.481 e. The van der Waals surface area contributed by atoms with Crippen LogP contribution in [0.2, 0.25) is 0 Å². The zero-order valence-corrected chi connectivity index (χ0v) is 8.13. The Balaban J connectivity index is 2.81. The third kappa shape index (κ3) is 2.52. The highest BCUT2D eigenvalue weighted by molar-refractivity contribution is 5.34. The predicted molar refractivity (Wildman–Crippen MR) is 54.9 cm³/mol. The van der Waals surface area contributed by atoms with E-state index in [1.807, 2.05) is 12.1 Å².